The van der Waals surface area contributed by atoms with Crippen molar-refractivity contribution in [2.24, 2.45) is 0 Å². The summed E-state index contributed by atoms with van der Waals surface area (Å²) in [6.07, 6.45) is 2.88. The van der Waals surface area contributed by atoms with Crippen molar-refractivity contribution in [2.75, 3.05) is 26.3 Å². The Bertz CT molecular complexity index is 1090. The Morgan fingerprint density at radius 3 is 2.15 bits per heavy atom. The van der Waals surface area contributed by atoms with E-state index in [1.54, 1.807) is 11.0 Å². The summed E-state index contributed by atoms with van der Waals surface area (Å²) in [6, 6.07) is 16.1. The molecule has 7 heteroatoms. The number of hydrogen-bond acceptors (Lipinski definition) is 6. The molecule has 1 aliphatic heterocycles. The summed E-state index contributed by atoms with van der Waals surface area (Å²) in [5.74, 6) is 0.0107. The summed E-state index contributed by atoms with van der Waals surface area (Å²) in [5, 5.41) is 11.0. The van der Waals surface area contributed by atoms with Crippen LogP contribution in [0.5, 0.6) is 5.75 Å². The quantitative estimate of drug-likeness (QED) is 0.294. The number of phenols is 1. The Labute approximate surface area is 233 Å². The van der Waals surface area contributed by atoms with Crippen LogP contribution in [0.15, 0.2) is 48.5 Å². The molecule has 0 atom stereocenters. The molecular formula is C32H45NO6. The highest BCUT2D eigenvalue weighted by Gasteiger charge is 2.41. The summed E-state index contributed by atoms with van der Waals surface area (Å²) in [7, 11) is 0. The minimum atomic E-state index is -0.545. The van der Waals surface area contributed by atoms with Crippen molar-refractivity contribution in [3.8, 4) is 5.75 Å². The fourth-order valence-corrected chi connectivity index (χ4v) is 5.02. The average Bonchev–Trinajstić information content (AvgIpc) is 2.85. The second-order valence-electron chi connectivity index (χ2n) is 12.3. The van der Waals surface area contributed by atoms with Crippen LogP contribution in [0.3, 0.4) is 0 Å². The van der Waals surface area contributed by atoms with E-state index < -0.39 is 16.6 Å². The van der Waals surface area contributed by atoms with Gasteiger partial charge in [-0.1, -0.05) is 42.5 Å². The predicted molar refractivity (Wildman–Crippen MR) is 152 cm³/mol. The number of aromatic hydroxyl groups is 1. The van der Waals surface area contributed by atoms with E-state index in [0.29, 0.717) is 39.1 Å². The van der Waals surface area contributed by atoms with Gasteiger partial charge in [-0.3, -0.25) is 4.79 Å². The molecule has 2 aromatic carbocycles. The fourth-order valence-electron chi connectivity index (χ4n) is 5.02. The number of aryl methyl sites for hydroxylation is 1. The Morgan fingerprint density at radius 2 is 1.54 bits per heavy atom. The van der Waals surface area contributed by atoms with Gasteiger partial charge in [-0.15, -0.1) is 0 Å². The molecule has 1 heterocycles. The largest absolute Gasteiger partial charge is 0.508 e. The van der Waals surface area contributed by atoms with E-state index in [2.05, 4.69) is 18.2 Å². The van der Waals surface area contributed by atoms with Crippen LogP contribution < -0.4 is 0 Å². The molecule has 1 amide bonds. The molecule has 1 saturated heterocycles. The highest BCUT2D eigenvalue weighted by Crippen LogP contribution is 2.45. The van der Waals surface area contributed by atoms with Crippen LogP contribution in [0.2, 0.25) is 0 Å². The smallest absolute Gasteiger partial charge is 0.410 e. The molecule has 3 rings (SSSR count). The third kappa shape index (κ3) is 8.99. The van der Waals surface area contributed by atoms with Crippen molar-refractivity contribution in [1.82, 2.24) is 4.90 Å². The van der Waals surface area contributed by atoms with Gasteiger partial charge in [0.2, 0.25) is 0 Å². The topological polar surface area (TPSA) is 85.3 Å². The number of nitrogens with zero attached hydrogens (tertiary/aromatic N) is 1. The maximum atomic E-state index is 12.7. The Hall–Kier alpha value is -3.06. The van der Waals surface area contributed by atoms with Gasteiger partial charge in [0.15, 0.2) is 0 Å². The standard InChI is InChI=1S/C32H45NO6/c1-30(2,3)38-28(35)16-22-37-21-10-11-24-14-15-27(34)26(23-24)32(25-12-8-7-9-13-25)17-19-33(20-18-32)29(36)39-31(4,5)6/h7-9,12-15,23,34H,10-11,16-22H2,1-6H3. The van der Waals surface area contributed by atoms with Crippen LogP contribution in [0.1, 0.15) is 83.9 Å². The normalized spacial score (nSPS) is 15.6. The van der Waals surface area contributed by atoms with Crippen LogP contribution in [-0.2, 0) is 30.8 Å². The van der Waals surface area contributed by atoms with E-state index >= 15 is 0 Å². The lowest BCUT2D eigenvalue weighted by atomic mass is 9.67. The first-order valence-electron chi connectivity index (χ1n) is 13.9. The van der Waals surface area contributed by atoms with Crippen molar-refractivity contribution >= 4 is 12.1 Å². The summed E-state index contributed by atoms with van der Waals surface area (Å²) >= 11 is 0. The monoisotopic (exact) mass is 539 g/mol. The molecule has 1 N–H and O–H groups in total. The number of carbonyl (C=O) groups is 2. The van der Waals surface area contributed by atoms with Crippen molar-refractivity contribution in [3.63, 3.8) is 0 Å². The lowest BCUT2D eigenvalue weighted by Crippen LogP contribution is -2.47. The second kappa shape index (κ2) is 12.9. The molecule has 214 valence electrons. The maximum absolute atomic E-state index is 12.7. The van der Waals surface area contributed by atoms with E-state index in [4.69, 9.17) is 14.2 Å². The van der Waals surface area contributed by atoms with Gasteiger partial charge in [-0.25, -0.2) is 4.79 Å². The van der Waals surface area contributed by atoms with Crippen molar-refractivity contribution in [1.29, 1.82) is 0 Å². The van der Waals surface area contributed by atoms with E-state index in [9.17, 15) is 14.7 Å². The molecule has 1 aliphatic rings. The number of piperidine rings is 1. The Kier molecular flexibility index (Phi) is 10.1. The highest BCUT2D eigenvalue weighted by atomic mass is 16.6. The van der Waals surface area contributed by atoms with E-state index in [1.165, 1.54) is 0 Å². The lowest BCUT2D eigenvalue weighted by Gasteiger charge is -2.43. The molecule has 2 aromatic rings. The van der Waals surface area contributed by atoms with E-state index in [1.807, 2.05) is 65.8 Å². The van der Waals surface area contributed by atoms with E-state index in [0.717, 1.165) is 29.5 Å². The SMILES string of the molecule is CC(C)(C)OC(=O)CCOCCCc1ccc(O)c(C2(c3ccccc3)CCN(C(=O)OC(C)(C)C)CC2)c1. The van der Waals surface area contributed by atoms with Gasteiger partial charge in [-0.2, -0.15) is 0 Å². The first kappa shape index (κ1) is 30.5. The van der Waals surface area contributed by atoms with Gasteiger partial charge in [0, 0.05) is 30.7 Å². The molecule has 0 unspecified atom stereocenters. The van der Waals surface area contributed by atoms with Crippen LogP contribution in [0, 0.1) is 0 Å². The molecule has 0 saturated carbocycles. The van der Waals surface area contributed by atoms with Crippen molar-refractivity contribution in [3.05, 3.63) is 65.2 Å². The second-order valence-corrected chi connectivity index (χ2v) is 12.3. The van der Waals surface area contributed by atoms with Crippen LogP contribution >= 0.6 is 0 Å². The third-order valence-corrected chi connectivity index (χ3v) is 6.80. The molecule has 0 bridgehead atoms. The summed E-state index contributed by atoms with van der Waals surface area (Å²) < 4.78 is 16.6. The number of hydrogen-bond donors (Lipinski definition) is 1. The minimum absolute atomic E-state index is 0.237. The molecule has 0 radical (unpaired) electrons. The zero-order valence-electron chi connectivity index (χ0n) is 24.4. The molecule has 0 aliphatic carbocycles. The van der Waals surface area contributed by atoms with Crippen LogP contribution in [-0.4, -0.2) is 59.6 Å². The third-order valence-electron chi connectivity index (χ3n) is 6.80. The average molecular weight is 540 g/mol. The summed E-state index contributed by atoms with van der Waals surface area (Å²) in [6.45, 7) is 13.1. The number of ether oxygens (including phenoxy) is 3. The van der Waals surface area contributed by atoms with Crippen LogP contribution in [0.4, 0.5) is 4.79 Å². The van der Waals surface area contributed by atoms with Crippen molar-refractivity contribution in [2.45, 2.75) is 90.3 Å². The molecule has 7 nitrogen and oxygen atoms in total. The van der Waals surface area contributed by atoms with Gasteiger partial charge >= 0.3 is 12.1 Å². The molecular weight excluding hydrogens is 494 g/mol. The van der Waals surface area contributed by atoms with Gasteiger partial charge in [0.25, 0.3) is 0 Å². The lowest BCUT2D eigenvalue weighted by molar-refractivity contribution is -0.156. The summed E-state index contributed by atoms with van der Waals surface area (Å²) in [5.41, 5.74) is 1.69. The highest BCUT2D eigenvalue weighted by molar-refractivity contribution is 5.70. The minimum Gasteiger partial charge on any atom is -0.508 e. The van der Waals surface area contributed by atoms with Crippen LogP contribution in [0.25, 0.3) is 0 Å². The van der Waals surface area contributed by atoms with Gasteiger partial charge in [-0.05, 0) is 84.4 Å². The molecule has 1 fully saturated rings. The van der Waals surface area contributed by atoms with Gasteiger partial charge < -0.3 is 24.2 Å². The zero-order valence-corrected chi connectivity index (χ0v) is 24.4. The predicted octanol–water partition coefficient (Wildman–Crippen LogP) is 6.39. The number of esters is 1. The molecule has 0 aromatic heterocycles. The number of benzene rings is 2. The fraction of sp³-hybridized carbons (Fsp3) is 0.562. The maximum Gasteiger partial charge on any atom is 0.410 e. The zero-order chi connectivity index (χ0) is 28.7. The van der Waals surface area contributed by atoms with Gasteiger partial charge in [0.1, 0.15) is 17.0 Å². The number of rotatable bonds is 9. The Morgan fingerprint density at radius 1 is 0.897 bits per heavy atom. The Balaban J connectivity index is 1.67. The summed E-state index contributed by atoms with van der Waals surface area (Å²) in [4.78, 5) is 26.3. The molecule has 0 spiro atoms. The molecule has 39 heavy (non-hydrogen) atoms. The number of likely N-dealkylation sites (tertiary alicyclic amines) is 1. The first-order chi connectivity index (χ1) is 18.3. The van der Waals surface area contributed by atoms with Crippen molar-refractivity contribution < 1.29 is 28.9 Å². The van der Waals surface area contributed by atoms with Gasteiger partial charge in [0.05, 0.1) is 13.0 Å². The number of amides is 1. The first-order valence-corrected chi connectivity index (χ1v) is 13.9. The van der Waals surface area contributed by atoms with E-state index in [-0.39, 0.29) is 24.2 Å². The number of carbonyl (C=O) groups excluding carboxylic acids is 2. The number of phenolic OH excluding ortho intramolecular Hbond substituents is 1.